The first-order valence-electron chi connectivity index (χ1n) is 6.43. The van der Waals surface area contributed by atoms with Crippen molar-refractivity contribution in [3.63, 3.8) is 0 Å². The van der Waals surface area contributed by atoms with Crippen LogP contribution in [0, 0.1) is 11.3 Å². The molecule has 0 aliphatic carbocycles. The van der Waals surface area contributed by atoms with Crippen molar-refractivity contribution < 1.29 is 13.2 Å². The van der Waals surface area contributed by atoms with Gasteiger partial charge in [0.2, 0.25) is 0 Å². The maximum absolute atomic E-state index is 13.1. The Hall–Kier alpha value is -1.58. The van der Waals surface area contributed by atoms with Crippen molar-refractivity contribution in [1.82, 2.24) is 10.2 Å². The van der Waals surface area contributed by atoms with Crippen LogP contribution in [0.5, 0.6) is 0 Å². The molecule has 1 saturated heterocycles. The fraction of sp³-hybridized carbons (Fsp3) is 0.500. The van der Waals surface area contributed by atoms with E-state index in [4.69, 9.17) is 0 Å². The molecule has 1 fully saturated rings. The van der Waals surface area contributed by atoms with Gasteiger partial charge in [0, 0.05) is 26.2 Å². The molecule has 108 valence electrons. The number of piperazine rings is 1. The second-order valence-corrected chi connectivity index (χ2v) is 4.96. The van der Waals surface area contributed by atoms with Crippen molar-refractivity contribution in [2.75, 3.05) is 26.2 Å². The van der Waals surface area contributed by atoms with Crippen molar-refractivity contribution in [3.8, 4) is 6.07 Å². The summed E-state index contributed by atoms with van der Waals surface area (Å²) in [4.78, 5) is 1.80. The lowest BCUT2D eigenvalue weighted by Gasteiger charge is -2.40. The van der Waals surface area contributed by atoms with Crippen LogP contribution >= 0.6 is 0 Å². The van der Waals surface area contributed by atoms with Crippen LogP contribution in [0.15, 0.2) is 24.3 Å². The van der Waals surface area contributed by atoms with Crippen molar-refractivity contribution in [3.05, 3.63) is 35.4 Å². The van der Waals surface area contributed by atoms with Crippen molar-refractivity contribution in [2.24, 2.45) is 0 Å². The molecule has 2 rings (SSSR count). The molecular formula is C14H16F3N3. The summed E-state index contributed by atoms with van der Waals surface area (Å²) < 4.78 is 39.4. The lowest BCUT2D eigenvalue weighted by molar-refractivity contribution is -0.139. The van der Waals surface area contributed by atoms with Gasteiger partial charge in [0.15, 0.2) is 0 Å². The van der Waals surface area contributed by atoms with E-state index >= 15 is 0 Å². The molecule has 3 nitrogen and oxygen atoms in total. The Morgan fingerprint density at radius 1 is 1.15 bits per heavy atom. The molecule has 1 atom stereocenters. The largest absolute Gasteiger partial charge is 0.416 e. The van der Waals surface area contributed by atoms with Gasteiger partial charge in [0.05, 0.1) is 11.6 Å². The molecule has 0 radical (unpaired) electrons. The molecule has 0 amide bonds. The summed E-state index contributed by atoms with van der Waals surface area (Å²) in [7, 11) is 0. The summed E-state index contributed by atoms with van der Waals surface area (Å²) in [5.74, 6) is 0. The minimum absolute atomic E-state index is 0.0249. The summed E-state index contributed by atoms with van der Waals surface area (Å²) >= 11 is 0. The van der Waals surface area contributed by atoms with E-state index in [0.29, 0.717) is 26.2 Å². The van der Waals surface area contributed by atoms with E-state index in [9.17, 15) is 18.4 Å². The second kappa shape index (κ2) is 5.43. The van der Waals surface area contributed by atoms with E-state index in [1.165, 1.54) is 12.1 Å². The topological polar surface area (TPSA) is 39.1 Å². The van der Waals surface area contributed by atoms with Gasteiger partial charge < -0.3 is 5.32 Å². The van der Waals surface area contributed by atoms with Gasteiger partial charge in [0.25, 0.3) is 0 Å². The van der Waals surface area contributed by atoms with Crippen molar-refractivity contribution >= 4 is 0 Å². The quantitative estimate of drug-likeness (QED) is 0.905. The normalized spacial score (nSPS) is 20.1. The fourth-order valence-corrected chi connectivity index (χ4v) is 2.57. The van der Waals surface area contributed by atoms with Crippen LogP contribution in [0.1, 0.15) is 18.1 Å². The molecule has 1 aromatic rings. The summed E-state index contributed by atoms with van der Waals surface area (Å²) in [6, 6.07) is 7.40. The third-order valence-corrected chi connectivity index (χ3v) is 3.72. The maximum atomic E-state index is 13.1. The smallest absolute Gasteiger partial charge is 0.314 e. The number of rotatable bonds is 2. The van der Waals surface area contributed by atoms with Crippen LogP contribution in [0.25, 0.3) is 0 Å². The molecule has 1 aromatic carbocycles. The summed E-state index contributed by atoms with van der Waals surface area (Å²) in [5, 5.41) is 12.6. The predicted octanol–water partition coefficient (Wildman–Crippen LogP) is 2.35. The van der Waals surface area contributed by atoms with Gasteiger partial charge in [0.1, 0.15) is 5.54 Å². The number of halogens is 3. The summed E-state index contributed by atoms with van der Waals surface area (Å²) in [6.07, 6.45) is -4.46. The van der Waals surface area contributed by atoms with E-state index < -0.39 is 17.3 Å². The van der Waals surface area contributed by atoms with Crippen LogP contribution in [-0.4, -0.2) is 31.1 Å². The number of nitrogens with one attached hydrogen (secondary N) is 1. The van der Waals surface area contributed by atoms with Crippen molar-refractivity contribution in [1.29, 1.82) is 5.26 Å². The molecule has 1 aliphatic rings. The summed E-state index contributed by atoms with van der Waals surface area (Å²) in [5.41, 5.74) is -1.98. The number of hydrogen-bond acceptors (Lipinski definition) is 3. The van der Waals surface area contributed by atoms with E-state index in [0.717, 1.165) is 6.07 Å². The molecule has 0 spiro atoms. The lowest BCUT2D eigenvalue weighted by atomic mass is 9.87. The van der Waals surface area contributed by atoms with Crippen molar-refractivity contribution in [2.45, 2.75) is 18.6 Å². The van der Waals surface area contributed by atoms with Gasteiger partial charge >= 0.3 is 6.18 Å². The van der Waals surface area contributed by atoms with E-state index in [-0.39, 0.29) is 5.56 Å². The standard InChI is InChI=1S/C14H16F3N3/c1-13(10-18,20-8-6-19-7-9-20)11-4-2-3-5-12(11)14(15,16)17/h2-5,19H,6-9H2,1H3. The SMILES string of the molecule is CC(C#N)(c1ccccc1C(F)(F)F)N1CCNCC1. The molecule has 0 aromatic heterocycles. The Balaban J connectivity index is 2.49. The number of alkyl halides is 3. The molecule has 6 heteroatoms. The Morgan fingerprint density at radius 2 is 1.70 bits per heavy atom. The van der Waals surface area contributed by atoms with Crippen LogP contribution in [0.3, 0.4) is 0 Å². The fourth-order valence-electron chi connectivity index (χ4n) is 2.57. The average molecular weight is 283 g/mol. The van der Waals surface area contributed by atoms with Gasteiger partial charge in [-0.25, -0.2) is 0 Å². The minimum atomic E-state index is -4.46. The number of nitrogens with zero attached hydrogens (tertiary/aromatic N) is 2. The van der Waals surface area contributed by atoms with Gasteiger partial charge in [-0.05, 0) is 18.6 Å². The maximum Gasteiger partial charge on any atom is 0.416 e. The Bertz CT molecular complexity index is 515. The molecular weight excluding hydrogens is 267 g/mol. The number of hydrogen-bond donors (Lipinski definition) is 1. The zero-order chi connectivity index (χ0) is 14.8. The van der Waals surface area contributed by atoms with Gasteiger partial charge in [-0.1, -0.05) is 18.2 Å². The van der Waals surface area contributed by atoms with E-state index in [2.05, 4.69) is 11.4 Å². The van der Waals surface area contributed by atoms with E-state index in [1.54, 1.807) is 17.9 Å². The van der Waals surface area contributed by atoms with Gasteiger partial charge in [-0.15, -0.1) is 0 Å². The Labute approximate surface area is 116 Å². The Kier molecular flexibility index (Phi) is 4.02. The monoisotopic (exact) mass is 283 g/mol. The van der Waals surface area contributed by atoms with Gasteiger partial charge in [-0.2, -0.15) is 18.4 Å². The minimum Gasteiger partial charge on any atom is -0.314 e. The molecule has 20 heavy (non-hydrogen) atoms. The highest BCUT2D eigenvalue weighted by atomic mass is 19.4. The first-order valence-corrected chi connectivity index (χ1v) is 6.43. The third kappa shape index (κ3) is 2.65. The molecule has 1 N–H and O–H groups in total. The molecule has 1 heterocycles. The highest BCUT2D eigenvalue weighted by Gasteiger charge is 2.42. The van der Waals surface area contributed by atoms with E-state index in [1.807, 2.05) is 0 Å². The van der Waals surface area contributed by atoms with Gasteiger partial charge in [-0.3, -0.25) is 4.90 Å². The highest BCUT2D eigenvalue weighted by molar-refractivity contribution is 5.39. The Morgan fingerprint density at radius 3 is 2.20 bits per heavy atom. The zero-order valence-corrected chi connectivity index (χ0v) is 11.2. The molecule has 1 aliphatic heterocycles. The second-order valence-electron chi connectivity index (χ2n) is 4.96. The zero-order valence-electron chi connectivity index (χ0n) is 11.2. The molecule has 1 unspecified atom stereocenters. The molecule has 0 bridgehead atoms. The lowest BCUT2D eigenvalue weighted by Crippen LogP contribution is -2.53. The van der Waals surface area contributed by atoms with Crippen LogP contribution in [0.2, 0.25) is 0 Å². The third-order valence-electron chi connectivity index (χ3n) is 3.72. The first kappa shape index (κ1) is 14.8. The first-order chi connectivity index (χ1) is 9.39. The summed E-state index contributed by atoms with van der Waals surface area (Å²) in [6.45, 7) is 4.01. The van der Waals surface area contributed by atoms with Crippen LogP contribution in [-0.2, 0) is 11.7 Å². The number of nitriles is 1. The number of benzene rings is 1. The average Bonchev–Trinajstić information content (AvgIpc) is 2.46. The molecule has 0 saturated carbocycles. The predicted molar refractivity (Wildman–Crippen MR) is 68.9 cm³/mol. The highest BCUT2D eigenvalue weighted by Crippen LogP contribution is 2.39. The van der Waals surface area contributed by atoms with Crippen LogP contribution in [0.4, 0.5) is 13.2 Å². The van der Waals surface area contributed by atoms with Crippen LogP contribution < -0.4 is 5.32 Å².